The molecule has 2 nitrogen and oxygen atoms in total. The van der Waals surface area contributed by atoms with Crippen LogP contribution in [0.1, 0.15) is 46.5 Å². The van der Waals surface area contributed by atoms with E-state index in [0.717, 1.165) is 38.9 Å². The molecule has 2 heteroatoms. The quantitative estimate of drug-likeness (QED) is 0.593. The second-order valence-electron chi connectivity index (χ2n) is 3.48. The Kier molecular flexibility index (Phi) is 8.46. The Morgan fingerprint density at radius 1 is 1.15 bits per heavy atom. The van der Waals surface area contributed by atoms with Crippen LogP contribution < -0.4 is 0 Å². The molecule has 0 saturated carbocycles. The number of ether oxygens (including phenoxy) is 1. The summed E-state index contributed by atoms with van der Waals surface area (Å²) >= 11 is 0. The van der Waals surface area contributed by atoms with E-state index in [4.69, 9.17) is 4.74 Å². The van der Waals surface area contributed by atoms with Crippen molar-refractivity contribution in [3.8, 4) is 0 Å². The Balaban J connectivity index is 3.42. The minimum atomic E-state index is -0.129. The zero-order chi connectivity index (χ0) is 10.1. The van der Waals surface area contributed by atoms with E-state index in [0.29, 0.717) is 5.92 Å². The Hall–Kier alpha value is -0.0800. The summed E-state index contributed by atoms with van der Waals surface area (Å²) in [6, 6.07) is 0. The summed E-state index contributed by atoms with van der Waals surface area (Å²) in [5, 5.41) is 9.75. The summed E-state index contributed by atoms with van der Waals surface area (Å²) in [5.41, 5.74) is 0. The average molecular weight is 188 g/mol. The summed E-state index contributed by atoms with van der Waals surface area (Å²) in [6.45, 7) is 7.84. The van der Waals surface area contributed by atoms with Gasteiger partial charge in [-0.25, -0.2) is 0 Å². The zero-order valence-electron chi connectivity index (χ0n) is 9.25. The van der Waals surface area contributed by atoms with Gasteiger partial charge in [0, 0.05) is 13.2 Å². The fourth-order valence-electron chi connectivity index (χ4n) is 1.61. The summed E-state index contributed by atoms with van der Waals surface area (Å²) in [6.07, 6.45) is 3.88. The molecule has 0 radical (unpaired) electrons. The van der Waals surface area contributed by atoms with Gasteiger partial charge in [0.25, 0.3) is 0 Å². The number of hydrogen-bond donors (Lipinski definition) is 1. The fourth-order valence-corrected chi connectivity index (χ4v) is 1.61. The summed E-state index contributed by atoms with van der Waals surface area (Å²) in [5.74, 6) is 0.474. The van der Waals surface area contributed by atoms with Gasteiger partial charge in [0.1, 0.15) is 0 Å². The van der Waals surface area contributed by atoms with Crippen molar-refractivity contribution in [2.45, 2.75) is 52.6 Å². The van der Waals surface area contributed by atoms with Gasteiger partial charge in [-0.3, -0.25) is 0 Å². The molecule has 0 rings (SSSR count). The topological polar surface area (TPSA) is 29.5 Å². The second-order valence-corrected chi connectivity index (χ2v) is 3.48. The maximum Gasteiger partial charge on any atom is 0.0569 e. The monoisotopic (exact) mass is 188 g/mol. The maximum absolute atomic E-state index is 9.75. The van der Waals surface area contributed by atoms with E-state index in [2.05, 4.69) is 13.8 Å². The van der Waals surface area contributed by atoms with Crippen LogP contribution in [0.25, 0.3) is 0 Å². The lowest BCUT2D eigenvalue weighted by atomic mass is 9.93. The number of aliphatic hydroxyl groups excluding tert-OH is 1. The third-order valence-electron chi connectivity index (χ3n) is 2.59. The Labute approximate surface area is 82.3 Å². The molecular weight excluding hydrogens is 164 g/mol. The highest BCUT2D eigenvalue weighted by atomic mass is 16.5. The van der Waals surface area contributed by atoms with Crippen molar-refractivity contribution in [2.75, 3.05) is 13.2 Å². The number of hydrogen-bond acceptors (Lipinski definition) is 2. The first-order chi connectivity index (χ1) is 6.26. The Morgan fingerprint density at radius 2 is 1.77 bits per heavy atom. The molecule has 0 aromatic carbocycles. The highest BCUT2D eigenvalue weighted by molar-refractivity contribution is 4.65. The lowest BCUT2D eigenvalue weighted by Gasteiger charge is -2.19. The molecule has 0 aliphatic rings. The first-order valence-corrected chi connectivity index (χ1v) is 5.51. The standard InChI is InChI=1S/C11H24O2/c1-4-10(5-2)11(12)8-7-9-13-6-3/h10-12H,4-9H2,1-3H3. The van der Waals surface area contributed by atoms with Crippen LogP contribution in [0.5, 0.6) is 0 Å². The van der Waals surface area contributed by atoms with E-state index in [9.17, 15) is 5.11 Å². The summed E-state index contributed by atoms with van der Waals surface area (Å²) < 4.78 is 5.22. The first kappa shape index (κ1) is 12.9. The smallest absolute Gasteiger partial charge is 0.0569 e. The van der Waals surface area contributed by atoms with Gasteiger partial charge in [-0.1, -0.05) is 26.7 Å². The fraction of sp³-hybridized carbons (Fsp3) is 1.00. The van der Waals surface area contributed by atoms with Gasteiger partial charge in [0.05, 0.1) is 6.10 Å². The minimum absolute atomic E-state index is 0.129. The minimum Gasteiger partial charge on any atom is -0.393 e. The van der Waals surface area contributed by atoms with Crippen molar-refractivity contribution in [3.05, 3.63) is 0 Å². The third-order valence-corrected chi connectivity index (χ3v) is 2.59. The molecule has 0 aromatic rings. The molecule has 80 valence electrons. The molecule has 0 aliphatic heterocycles. The van der Waals surface area contributed by atoms with Crippen molar-refractivity contribution in [1.82, 2.24) is 0 Å². The largest absolute Gasteiger partial charge is 0.393 e. The molecule has 1 unspecified atom stereocenters. The van der Waals surface area contributed by atoms with E-state index in [1.807, 2.05) is 6.92 Å². The SMILES string of the molecule is CCOCCCC(O)C(CC)CC. The van der Waals surface area contributed by atoms with Gasteiger partial charge >= 0.3 is 0 Å². The van der Waals surface area contributed by atoms with Crippen LogP contribution >= 0.6 is 0 Å². The van der Waals surface area contributed by atoms with Crippen LogP contribution in [0.4, 0.5) is 0 Å². The summed E-state index contributed by atoms with van der Waals surface area (Å²) in [4.78, 5) is 0. The Bertz CT molecular complexity index is 100. The molecular formula is C11H24O2. The predicted molar refractivity (Wildman–Crippen MR) is 55.8 cm³/mol. The molecule has 0 bridgehead atoms. The lowest BCUT2D eigenvalue weighted by Crippen LogP contribution is -2.19. The zero-order valence-corrected chi connectivity index (χ0v) is 9.25. The van der Waals surface area contributed by atoms with Crippen LogP contribution in [-0.4, -0.2) is 24.4 Å². The third kappa shape index (κ3) is 6.05. The molecule has 0 amide bonds. The molecule has 0 aromatic heterocycles. The van der Waals surface area contributed by atoms with Crippen molar-refractivity contribution >= 4 is 0 Å². The van der Waals surface area contributed by atoms with Gasteiger partial charge in [-0.15, -0.1) is 0 Å². The molecule has 13 heavy (non-hydrogen) atoms. The number of aliphatic hydroxyl groups is 1. The second kappa shape index (κ2) is 8.52. The van der Waals surface area contributed by atoms with Crippen molar-refractivity contribution < 1.29 is 9.84 Å². The molecule has 0 saturated heterocycles. The molecule has 0 aliphatic carbocycles. The van der Waals surface area contributed by atoms with Gasteiger partial charge < -0.3 is 9.84 Å². The van der Waals surface area contributed by atoms with E-state index in [-0.39, 0.29) is 6.10 Å². The van der Waals surface area contributed by atoms with Crippen LogP contribution in [0.15, 0.2) is 0 Å². The molecule has 0 fully saturated rings. The van der Waals surface area contributed by atoms with Crippen molar-refractivity contribution in [2.24, 2.45) is 5.92 Å². The molecule has 1 atom stereocenters. The van der Waals surface area contributed by atoms with Crippen LogP contribution in [0.2, 0.25) is 0 Å². The Morgan fingerprint density at radius 3 is 2.23 bits per heavy atom. The van der Waals surface area contributed by atoms with Crippen molar-refractivity contribution in [3.63, 3.8) is 0 Å². The average Bonchev–Trinajstić information content (AvgIpc) is 2.14. The molecule has 0 heterocycles. The molecule has 0 spiro atoms. The van der Waals surface area contributed by atoms with E-state index in [1.165, 1.54) is 0 Å². The van der Waals surface area contributed by atoms with Crippen LogP contribution in [0, 0.1) is 5.92 Å². The first-order valence-electron chi connectivity index (χ1n) is 5.51. The van der Waals surface area contributed by atoms with E-state index < -0.39 is 0 Å². The van der Waals surface area contributed by atoms with Crippen LogP contribution in [0.3, 0.4) is 0 Å². The van der Waals surface area contributed by atoms with E-state index >= 15 is 0 Å². The normalized spacial score (nSPS) is 13.6. The number of rotatable bonds is 8. The van der Waals surface area contributed by atoms with Gasteiger partial charge in [0.2, 0.25) is 0 Å². The van der Waals surface area contributed by atoms with E-state index in [1.54, 1.807) is 0 Å². The highest BCUT2D eigenvalue weighted by Crippen LogP contribution is 2.16. The lowest BCUT2D eigenvalue weighted by molar-refractivity contribution is 0.0747. The van der Waals surface area contributed by atoms with Gasteiger partial charge in [-0.05, 0) is 25.7 Å². The summed E-state index contributed by atoms with van der Waals surface area (Å²) in [7, 11) is 0. The van der Waals surface area contributed by atoms with Crippen molar-refractivity contribution in [1.29, 1.82) is 0 Å². The highest BCUT2D eigenvalue weighted by Gasteiger charge is 2.14. The van der Waals surface area contributed by atoms with Gasteiger partial charge in [0.15, 0.2) is 0 Å². The molecule has 1 N–H and O–H groups in total. The maximum atomic E-state index is 9.75. The van der Waals surface area contributed by atoms with Crippen LogP contribution in [-0.2, 0) is 4.74 Å². The predicted octanol–water partition coefficient (Wildman–Crippen LogP) is 2.60. The van der Waals surface area contributed by atoms with Gasteiger partial charge in [-0.2, -0.15) is 0 Å².